The van der Waals surface area contributed by atoms with E-state index >= 15 is 0 Å². The molecule has 3 unspecified atom stereocenters. The van der Waals surface area contributed by atoms with E-state index in [1.807, 2.05) is 21.6 Å². The Bertz CT molecular complexity index is 741. The number of rotatable bonds is 10. The second-order valence-corrected chi connectivity index (χ2v) is 12.9. The SMILES string of the molecule is CC(C)(CS)C(S)CNCC(O)C1CCc2cc3c(cc2O1)CSSC3.CC/C=C/CCC. The molecule has 0 amide bonds. The summed E-state index contributed by atoms with van der Waals surface area (Å²) in [5.41, 5.74) is 4.18. The Morgan fingerprint density at radius 3 is 2.48 bits per heavy atom. The zero-order valence-corrected chi connectivity index (χ0v) is 24.1. The molecule has 0 spiro atoms. The van der Waals surface area contributed by atoms with Crippen LogP contribution < -0.4 is 10.1 Å². The number of nitrogens with one attached hydrogen (secondary N) is 1. The second kappa shape index (κ2) is 15.2. The van der Waals surface area contributed by atoms with Gasteiger partial charge < -0.3 is 15.2 Å². The number of hydrogen-bond acceptors (Lipinski definition) is 7. The van der Waals surface area contributed by atoms with Gasteiger partial charge in [-0.3, -0.25) is 0 Å². The van der Waals surface area contributed by atoms with Gasteiger partial charge >= 0.3 is 0 Å². The number of allylic oxidation sites excluding steroid dienone is 2. The van der Waals surface area contributed by atoms with Gasteiger partial charge in [0, 0.05) is 29.8 Å². The molecule has 0 fully saturated rings. The molecular weight excluding hydrogens is 487 g/mol. The van der Waals surface area contributed by atoms with Crippen molar-refractivity contribution in [3.05, 3.63) is 41.0 Å². The molecule has 0 saturated carbocycles. The van der Waals surface area contributed by atoms with Gasteiger partial charge in [-0.1, -0.05) is 73.9 Å². The number of ether oxygens (including phenoxy) is 1. The van der Waals surface area contributed by atoms with Crippen LogP contribution in [0.25, 0.3) is 0 Å². The van der Waals surface area contributed by atoms with Crippen molar-refractivity contribution >= 4 is 46.8 Å². The third-order valence-electron chi connectivity index (χ3n) is 6.16. The summed E-state index contributed by atoms with van der Waals surface area (Å²) in [5.74, 6) is 3.87. The van der Waals surface area contributed by atoms with E-state index in [9.17, 15) is 5.11 Å². The van der Waals surface area contributed by atoms with Crippen molar-refractivity contribution in [2.24, 2.45) is 5.41 Å². The van der Waals surface area contributed by atoms with Crippen LogP contribution in [0.3, 0.4) is 0 Å². The summed E-state index contributed by atoms with van der Waals surface area (Å²) < 4.78 is 6.17. The second-order valence-electron chi connectivity index (χ2n) is 9.50. The van der Waals surface area contributed by atoms with Crippen LogP contribution in [0, 0.1) is 5.41 Å². The Morgan fingerprint density at radius 1 is 1.15 bits per heavy atom. The van der Waals surface area contributed by atoms with Crippen LogP contribution >= 0.6 is 46.8 Å². The van der Waals surface area contributed by atoms with Crippen molar-refractivity contribution in [2.45, 2.75) is 88.8 Å². The maximum absolute atomic E-state index is 10.6. The minimum absolute atomic E-state index is 0.0554. The number of fused-ring (bicyclic) bond motifs is 2. The average molecular weight is 530 g/mol. The molecule has 3 atom stereocenters. The van der Waals surface area contributed by atoms with E-state index < -0.39 is 6.10 Å². The number of aryl methyl sites for hydroxylation is 1. The molecule has 188 valence electrons. The average Bonchev–Trinajstić information content (AvgIpc) is 2.82. The lowest BCUT2D eigenvalue weighted by Gasteiger charge is -2.32. The Morgan fingerprint density at radius 2 is 1.85 bits per heavy atom. The first kappa shape index (κ1) is 29.3. The summed E-state index contributed by atoms with van der Waals surface area (Å²) in [5, 5.41) is 14.1. The summed E-state index contributed by atoms with van der Waals surface area (Å²) in [6.45, 7) is 9.95. The highest BCUT2D eigenvalue weighted by molar-refractivity contribution is 8.76. The molecule has 2 aliphatic rings. The topological polar surface area (TPSA) is 41.5 Å². The molecule has 0 aromatic heterocycles. The van der Waals surface area contributed by atoms with Crippen LogP contribution in [-0.2, 0) is 17.9 Å². The zero-order chi connectivity index (χ0) is 24.3. The highest BCUT2D eigenvalue weighted by Gasteiger charge is 2.29. The van der Waals surface area contributed by atoms with E-state index in [2.05, 4.69) is 82.6 Å². The van der Waals surface area contributed by atoms with E-state index in [0.717, 1.165) is 42.4 Å². The standard InChI is InChI=1S/C19H29NO2S4.C7H14/c1-19(2,11-23)18(24)8-20-7-15(21)16-4-3-12-5-13-9-25-26-10-14(13)6-17(12)22-16;1-3-5-7-6-4-2/h5-6,15-16,18,20-21,23-24H,3-4,7-11H2,1-2H3;5,7H,3-4,6H2,1-2H3/b;7-5+. The van der Waals surface area contributed by atoms with Crippen LogP contribution in [0.2, 0.25) is 0 Å². The lowest BCUT2D eigenvalue weighted by Crippen LogP contribution is -2.44. The van der Waals surface area contributed by atoms with E-state index in [1.165, 1.54) is 36.0 Å². The van der Waals surface area contributed by atoms with E-state index in [-0.39, 0.29) is 16.8 Å². The van der Waals surface area contributed by atoms with Gasteiger partial charge in [0.15, 0.2) is 0 Å². The molecule has 33 heavy (non-hydrogen) atoms. The van der Waals surface area contributed by atoms with Gasteiger partial charge in [-0.05, 0) is 59.6 Å². The number of aliphatic hydroxyl groups excluding tert-OH is 1. The van der Waals surface area contributed by atoms with Gasteiger partial charge in [0.1, 0.15) is 18.0 Å². The first-order valence-corrected chi connectivity index (χ1v) is 15.8. The highest BCUT2D eigenvalue weighted by Crippen LogP contribution is 2.41. The summed E-state index contributed by atoms with van der Waals surface area (Å²) in [6, 6.07) is 4.51. The molecule has 2 heterocycles. The van der Waals surface area contributed by atoms with Gasteiger partial charge in [0.05, 0.1) is 0 Å². The van der Waals surface area contributed by atoms with Gasteiger partial charge in [0.25, 0.3) is 0 Å². The minimum Gasteiger partial charge on any atom is -0.487 e. The van der Waals surface area contributed by atoms with E-state index in [4.69, 9.17) is 4.74 Å². The van der Waals surface area contributed by atoms with Crippen LogP contribution in [0.1, 0.15) is 70.1 Å². The summed E-state index contributed by atoms with van der Waals surface area (Å²) >= 11 is 9.07. The van der Waals surface area contributed by atoms with Crippen LogP contribution in [-0.4, -0.2) is 41.4 Å². The molecule has 2 aliphatic heterocycles. The number of benzene rings is 1. The predicted molar refractivity (Wildman–Crippen MR) is 155 cm³/mol. The Balaban J connectivity index is 0.000000479. The summed E-state index contributed by atoms with van der Waals surface area (Å²) in [6.07, 6.45) is 9.33. The van der Waals surface area contributed by atoms with Gasteiger partial charge in [-0.2, -0.15) is 25.3 Å². The Labute approximate surface area is 220 Å². The summed E-state index contributed by atoms with van der Waals surface area (Å²) in [7, 11) is 3.83. The molecule has 2 N–H and O–H groups in total. The van der Waals surface area contributed by atoms with Gasteiger partial charge in [-0.15, -0.1) is 0 Å². The molecule has 3 nitrogen and oxygen atoms in total. The summed E-state index contributed by atoms with van der Waals surface area (Å²) in [4.78, 5) is 0. The molecular formula is C26H43NO2S4. The fourth-order valence-electron chi connectivity index (χ4n) is 3.62. The Kier molecular flexibility index (Phi) is 13.5. The van der Waals surface area contributed by atoms with Gasteiger partial charge in [0.2, 0.25) is 0 Å². The van der Waals surface area contributed by atoms with Crippen LogP contribution in [0.5, 0.6) is 5.75 Å². The van der Waals surface area contributed by atoms with Crippen LogP contribution in [0.15, 0.2) is 24.3 Å². The highest BCUT2D eigenvalue weighted by atomic mass is 33.1. The number of hydrogen-bond donors (Lipinski definition) is 4. The molecule has 1 aromatic carbocycles. The lowest BCUT2D eigenvalue weighted by molar-refractivity contribution is 0.0244. The van der Waals surface area contributed by atoms with Crippen molar-refractivity contribution in [1.82, 2.24) is 5.32 Å². The smallest absolute Gasteiger partial charge is 0.126 e. The van der Waals surface area contributed by atoms with Crippen molar-refractivity contribution in [3.8, 4) is 5.75 Å². The Hall–Kier alpha value is 0.0800. The predicted octanol–water partition coefficient (Wildman–Crippen LogP) is 6.73. The zero-order valence-electron chi connectivity index (χ0n) is 20.7. The van der Waals surface area contributed by atoms with Crippen molar-refractivity contribution < 1.29 is 9.84 Å². The first-order chi connectivity index (χ1) is 15.8. The molecule has 1 aromatic rings. The van der Waals surface area contributed by atoms with Crippen molar-refractivity contribution in [3.63, 3.8) is 0 Å². The maximum atomic E-state index is 10.6. The number of unbranched alkanes of at least 4 members (excludes halogenated alkanes) is 1. The molecule has 7 heteroatoms. The minimum atomic E-state index is -0.510. The van der Waals surface area contributed by atoms with Crippen molar-refractivity contribution in [1.29, 1.82) is 0 Å². The largest absolute Gasteiger partial charge is 0.487 e. The number of thiol groups is 2. The molecule has 0 bridgehead atoms. The monoisotopic (exact) mass is 529 g/mol. The van der Waals surface area contributed by atoms with Crippen LogP contribution in [0.4, 0.5) is 0 Å². The number of aliphatic hydroxyl groups is 1. The maximum Gasteiger partial charge on any atom is 0.126 e. The first-order valence-electron chi connectivity index (χ1n) is 12.2. The molecule has 0 radical (unpaired) electrons. The molecule has 0 aliphatic carbocycles. The van der Waals surface area contributed by atoms with Crippen molar-refractivity contribution in [2.75, 3.05) is 18.8 Å². The normalized spacial score (nSPS) is 19.7. The third kappa shape index (κ3) is 9.57. The molecule has 3 rings (SSSR count). The fourth-order valence-corrected chi connectivity index (χ4v) is 6.43. The molecule has 0 saturated heterocycles. The van der Waals surface area contributed by atoms with Gasteiger partial charge in [-0.25, -0.2) is 0 Å². The van der Waals surface area contributed by atoms with E-state index in [1.54, 1.807) is 0 Å². The quantitative estimate of drug-likeness (QED) is 0.154. The fraction of sp³-hybridized carbons (Fsp3) is 0.692. The van der Waals surface area contributed by atoms with E-state index in [0.29, 0.717) is 6.54 Å². The third-order valence-corrected chi connectivity index (χ3v) is 10.1. The lowest BCUT2D eigenvalue weighted by atomic mass is 9.91.